The summed E-state index contributed by atoms with van der Waals surface area (Å²) in [6.07, 6.45) is 4.66. The summed E-state index contributed by atoms with van der Waals surface area (Å²) >= 11 is 0. The summed E-state index contributed by atoms with van der Waals surface area (Å²) in [4.78, 5) is 19.2. The molecule has 1 N–H and O–H groups in total. The molecule has 4 nitrogen and oxygen atoms in total. The van der Waals surface area contributed by atoms with E-state index in [1.807, 2.05) is 60.7 Å². The topological polar surface area (TPSA) is 41.6 Å². The summed E-state index contributed by atoms with van der Waals surface area (Å²) in [5.41, 5.74) is 1.52. The molecule has 4 rings (SSSR count). The summed E-state index contributed by atoms with van der Waals surface area (Å²) in [5, 5.41) is 4.95. The van der Waals surface area contributed by atoms with Gasteiger partial charge in [0, 0.05) is 12.1 Å². The van der Waals surface area contributed by atoms with Gasteiger partial charge in [0.2, 0.25) is 0 Å². The molecule has 24 heavy (non-hydrogen) atoms. The van der Waals surface area contributed by atoms with Gasteiger partial charge in [-0.3, -0.25) is 4.79 Å². The highest BCUT2D eigenvalue weighted by atomic mass is 16.7. The van der Waals surface area contributed by atoms with E-state index in [9.17, 15) is 4.79 Å². The number of carbonyl (C=O) groups is 1. The van der Waals surface area contributed by atoms with Crippen LogP contribution in [0.2, 0.25) is 0 Å². The van der Waals surface area contributed by atoms with E-state index in [1.54, 1.807) is 0 Å². The van der Waals surface area contributed by atoms with Gasteiger partial charge in [0.05, 0.1) is 11.1 Å². The van der Waals surface area contributed by atoms with Crippen molar-refractivity contribution in [1.82, 2.24) is 0 Å². The summed E-state index contributed by atoms with van der Waals surface area (Å²) in [6, 6.07) is 19.7. The van der Waals surface area contributed by atoms with Crippen LogP contribution in [0, 0.1) is 5.41 Å². The van der Waals surface area contributed by atoms with Gasteiger partial charge in [-0.25, -0.2) is 4.84 Å². The molecular weight excluding hydrogens is 300 g/mol. The summed E-state index contributed by atoms with van der Waals surface area (Å²) in [6.45, 7) is 0. The maximum Gasteiger partial charge on any atom is 0.257 e. The van der Waals surface area contributed by atoms with E-state index in [0.717, 1.165) is 43.5 Å². The molecule has 1 amide bonds. The lowest BCUT2D eigenvalue weighted by Crippen LogP contribution is -2.53. The molecule has 1 saturated heterocycles. The van der Waals surface area contributed by atoms with E-state index in [0.29, 0.717) is 0 Å². The quantitative estimate of drug-likeness (QED) is 0.913. The summed E-state index contributed by atoms with van der Waals surface area (Å²) in [5.74, 6) is 0.109. The van der Waals surface area contributed by atoms with Crippen LogP contribution in [0.5, 0.6) is 0 Å². The number of benzene rings is 2. The van der Waals surface area contributed by atoms with E-state index in [2.05, 4.69) is 5.32 Å². The second-order valence-corrected chi connectivity index (χ2v) is 6.73. The molecule has 0 radical (unpaired) electrons. The lowest BCUT2D eigenvalue weighted by atomic mass is 9.80. The van der Waals surface area contributed by atoms with Crippen LogP contribution in [0.1, 0.15) is 32.1 Å². The molecule has 2 aromatic carbocycles. The normalized spacial score (nSPS) is 22.8. The first-order valence-electron chi connectivity index (χ1n) is 8.65. The first-order valence-corrected chi connectivity index (χ1v) is 8.65. The van der Waals surface area contributed by atoms with Crippen molar-refractivity contribution >= 4 is 17.3 Å². The van der Waals surface area contributed by atoms with Gasteiger partial charge >= 0.3 is 0 Å². The average molecular weight is 322 g/mol. The molecule has 0 bridgehead atoms. The van der Waals surface area contributed by atoms with E-state index in [4.69, 9.17) is 4.84 Å². The van der Waals surface area contributed by atoms with Gasteiger partial charge in [0.25, 0.3) is 5.91 Å². The highest BCUT2D eigenvalue weighted by Gasteiger charge is 2.50. The number of hydrogen-bond donors (Lipinski definition) is 1. The Labute approximate surface area is 142 Å². The van der Waals surface area contributed by atoms with Crippen LogP contribution in [0.4, 0.5) is 11.4 Å². The van der Waals surface area contributed by atoms with Gasteiger partial charge in [-0.2, -0.15) is 5.06 Å². The molecule has 1 heterocycles. The SMILES string of the molecule is O=C1N(c2ccccc2)OC(Nc2ccccc2)CC12CCCC2. The number of carbonyl (C=O) groups excluding carboxylic acids is 1. The predicted molar refractivity (Wildman–Crippen MR) is 94.4 cm³/mol. The third-order valence-corrected chi connectivity index (χ3v) is 5.10. The van der Waals surface area contributed by atoms with Gasteiger partial charge < -0.3 is 5.32 Å². The molecule has 4 heteroatoms. The zero-order chi connectivity index (χ0) is 16.4. The Kier molecular flexibility index (Phi) is 3.98. The Morgan fingerprint density at radius 1 is 0.958 bits per heavy atom. The fourth-order valence-corrected chi connectivity index (χ4v) is 3.88. The van der Waals surface area contributed by atoms with Gasteiger partial charge in [-0.1, -0.05) is 49.2 Å². The molecular formula is C20H22N2O2. The third kappa shape index (κ3) is 2.78. The fraction of sp³-hybridized carbons (Fsp3) is 0.350. The Balaban J connectivity index is 1.63. The number of hydroxylamine groups is 1. The van der Waals surface area contributed by atoms with Crippen molar-refractivity contribution in [3.63, 3.8) is 0 Å². The van der Waals surface area contributed by atoms with E-state index >= 15 is 0 Å². The van der Waals surface area contributed by atoms with Crippen molar-refractivity contribution in [1.29, 1.82) is 0 Å². The smallest absolute Gasteiger partial charge is 0.257 e. The van der Waals surface area contributed by atoms with Gasteiger partial charge in [-0.05, 0) is 37.1 Å². The molecule has 1 atom stereocenters. The Morgan fingerprint density at radius 2 is 1.58 bits per heavy atom. The minimum Gasteiger partial charge on any atom is -0.358 e. The van der Waals surface area contributed by atoms with Crippen molar-refractivity contribution in [2.45, 2.75) is 38.3 Å². The zero-order valence-electron chi connectivity index (χ0n) is 13.7. The van der Waals surface area contributed by atoms with Crippen LogP contribution in [-0.4, -0.2) is 12.1 Å². The van der Waals surface area contributed by atoms with E-state index < -0.39 is 0 Å². The summed E-state index contributed by atoms with van der Waals surface area (Å²) < 4.78 is 0. The molecule has 0 aromatic heterocycles. The monoisotopic (exact) mass is 322 g/mol. The van der Waals surface area contributed by atoms with Crippen molar-refractivity contribution in [2.75, 3.05) is 10.4 Å². The molecule has 1 aliphatic carbocycles. The number of para-hydroxylation sites is 2. The van der Waals surface area contributed by atoms with Crippen LogP contribution in [0.25, 0.3) is 0 Å². The van der Waals surface area contributed by atoms with Crippen molar-refractivity contribution in [2.24, 2.45) is 5.41 Å². The van der Waals surface area contributed by atoms with Crippen molar-refractivity contribution < 1.29 is 9.63 Å². The number of rotatable bonds is 3. The predicted octanol–water partition coefficient (Wildman–Crippen LogP) is 4.35. The molecule has 124 valence electrons. The lowest BCUT2D eigenvalue weighted by molar-refractivity contribution is -0.149. The second kappa shape index (κ2) is 6.29. The number of hydrogen-bond acceptors (Lipinski definition) is 3. The number of anilines is 2. The van der Waals surface area contributed by atoms with Crippen LogP contribution in [-0.2, 0) is 9.63 Å². The van der Waals surface area contributed by atoms with Gasteiger partial charge in [0.1, 0.15) is 0 Å². The Hall–Kier alpha value is -2.33. The average Bonchev–Trinajstić information content (AvgIpc) is 3.09. The number of amides is 1. The van der Waals surface area contributed by atoms with Gasteiger partial charge in [-0.15, -0.1) is 0 Å². The molecule has 2 aromatic rings. The Morgan fingerprint density at radius 3 is 2.25 bits per heavy atom. The highest BCUT2D eigenvalue weighted by molar-refractivity contribution is 5.96. The molecule has 2 fully saturated rings. The fourth-order valence-electron chi connectivity index (χ4n) is 3.88. The standard InChI is InChI=1S/C20H22N2O2/c23-19-20(13-7-8-14-20)15-18(21-16-9-3-1-4-10-16)24-22(19)17-11-5-2-6-12-17/h1-6,9-12,18,21H,7-8,13-15H2. The third-order valence-electron chi connectivity index (χ3n) is 5.10. The zero-order valence-corrected chi connectivity index (χ0v) is 13.7. The van der Waals surface area contributed by atoms with Crippen LogP contribution in [0.15, 0.2) is 60.7 Å². The summed E-state index contributed by atoms with van der Waals surface area (Å²) in [7, 11) is 0. The number of nitrogens with zero attached hydrogens (tertiary/aromatic N) is 1. The molecule has 1 spiro atoms. The second-order valence-electron chi connectivity index (χ2n) is 6.73. The van der Waals surface area contributed by atoms with Crippen molar-refractivity contribution in [3.8, 4) is 0 Å². The molecule has 1 unspecified atom stereocenters. The molecule has 1 aliphatic heterocycles. The van der Waals surface area contributed by atoms with Crippen molar-refractivity contribution in [3.05, 3.63) is 60.7 Å². The maximum atomic E-state index is 13.1. The van der Waals surface area contributed by atoms with Crippen LogP contribution < -0.4 is 10.4 Å². The minimum absolute atomic E-state index is 0.109. The van der Waals surface area contributed by atoms with Crippen LogP contribution in [0.3, 0.4) is 0 Å². The lowest BCUT2D eigenvalue weighted by Gasteiger charge is -2.42. The number of nitrogens with one attached hydrogen (secondary N) is 1. The minimum atomic E-state index is -0.291. The largest absolute Gasteiger partial charge is 0.358 e. The first-order chi connectivity index (χ1) is 11.8. The maximum absolute atomic E-state index is 13.1. The van der Waals surface area contributed by atoms with Gasteiger partial charge in [0.15, 0.2) is 6.23 Å². The van der Waals surface area contributed by atoms with Crippen LogP contribution >= 0.6 is 0 Å². The molecule has 1 saturated carbocycles. The first kappa shape index (κ1) is 15.2. The van der Waals surface area contributed by atoms with E-state index in [1.165, 1.54) is 5.06 Å². The van der Waals surface area contributed by atoms with E-state index in [-0.39, 0.29) is 17.6 Å². The molecule has 2 aliphatic rings. The highest BCUT2D eigenvalue weighted by Crippen LogP contribution is 2.47. The Bertz CT molecular complexity index is 696.